The summed E-state index contributed by atoms with van der Waals surface area (Å²) < 4.78 is 9.94. The summed E-state index contributed by atoms with van der Waals surface area (Å²) in [6.07, 6.45) is 0.884. The fourth-order valence-corrected chi connectivity index (χ4v) is 1.58. The summed E-state index contributed by atoms with van der Waals surface area (Å²) in [6, 6.07) is 7.93. The molecule has 106 valence electrons. The first-order chi connectivity index (χ1) is 9.26. The monoisotopic (exact) mass is 266 g/mol. The predicted octanol–water partition coefficient (Wildman–Crippen LogP) is 0.590. The molecule has 0 radical (unpaired) electrons. The van der Waals surface area contributed by atoms with E-state index in [4.69, 9.17) is 9.47 Å². The van der Waals surface area contributed by atoms with Crippen molar-refractivity contribution in [3.05, 3.63) is 29.8 Å². The molecule has 1 aromatic rings. The van der Waals surface area contributed by atoms with Crippen LogP contribution in [0.2, 0.25) is 0 Å². The number of carbonyl (C=O) groups excluding carboxylic acids is 1. The molecule has 0 fully saturated rings. The number of amides is 1. The van der Waals surface area contributed by atoms with Crippen LogP contribution >= 0.6 is 0 Å². The second-order valence-corrected chi connectivity index (χ2v) is 4.12. The van der Waals surface area contributed by atoms with Crippen LogP contribution in [-0.4, -0.2) is 46.4 Å². The Labute approximate surface area is 114 Å². The van der Waals surface area contributed by atoms with Crippen LogP contribution in [0.15, 0.2) is 24.3 Å². The van der Waals surface area contributed by atoms with Gasteiger partial charge in [-0.2, -0.15) is 0 Å². The Hall–Kier alpha value is -1.59. The molecule has 5 nitrogen and oxygen atoms in total. The maximum atomic E-state index is 11.4. The van der Waals surface area contributed by atoms with Gasteiger partial charge in [-0.1, -0.05) is 12.1 Å². The Morgan fingerprint density at radius 1 is 1.16 bits per heavy atom. The quantitative estimate of drug-likeness (QED) is 0.642. The van der Waals surface area contributed by atoms with Crippen molar-refractivity contribution in [2.24, 2.45) is 0 Å². The van der Waals surface area contributed by atoms with E-state index in [9.17, 15) is 4.79 Å². The lowest BCUT2D eigenvalue weighted by atomic mass is 10.1. The highest BCUT2D eigenvalue weighted by atomic mass is 16.5. The molecule has 1 rings (SSSR count). The van der Waals surface area contributed by atoms with Crippen molar-refractivity contribution in [1.29, 1.82) is 0 Å². The summed E-state index contributed by atoms with van der Waals surface area (Å²) in [5, 5.41) is 5.86. The number of rotatable bonds is 9. The third-order valence-electron chi connectivity index (χ3n) is 2.66. The van der Waals surface area contributed by atoms with E-state index in [2.05, 4.69) is 10.6 Å². The minimum Gasteiger partial charge on any atom is -0.497 e. The summed E-state index contributed by atoms with van der Waals surface area (Å²) in [7, 11) is 3.26. The van der Waals surface area contributed by atoms with Crippen LogP contribution in [0.25, 0.3) is 0 Å². The van der Waals surface area contributed by atoms with Crippen molar-refractivity contribution in [3.8, 4) is 5.75 Å². The largest absolute Gasteiger partial charge is 0.497 e. The smallest absolute Gasteiger partial charge is 0.234 e. The molecule has 0 atom stereocenters. The van der Waals surface area contributed by atoms with Crippen LogP contribution in [0, 0.1) is 0 Å². The highest BCUT2D eigenvalue weighted by Crippen LogP contribution is 2.11. The molecule has 0 aromatic heterocycles. The van der Waals surface area contributed by atoms with E-state index in [0.29, 0.717) is 19.7 Å². The molecular weight excluding hydrogens is 244 g/mol. The zero-order chi connectivity index (χ0) is 13.9. The van der Waals surface area contributed by atoms with E-state index >= 15 is 0 Å². The minimum atomic E-state index is -0.00761. The van der Waals surface area contributed by atoms with Crippen molar-refractivity contribution in [1.82, 2.24) is 10.6 Å². The molecule has 0 heterocycles. The molecule has 1 aromatic carbocycles. The van der Waals surface area contributed by atoms with Gasteiger partial charge in [-0.25, -0.2) is 0 Å². The van der Waals surface area contributed by atoms with E-state index < -0.39 is 0 Å². The van der Waals surface area contributed by atoms with E-state index in [1.807, 2.05) is 24.3 Å². The Morgan fingerprint density at radius 3 is 2.53 bits per heavy atom. The number of methoxy groups -OCH3 is 2. The maximum absolute atomic E-state index is 11.4. The lowest BCUT2D eigenvalue weighted by molar-refractivity contribution is -0.120. The number of carbonyl (C=O) groups is 1. The third kappa shape index (κ3) is 6.79. The molecule has 19 heavy (non-hydrogen) atoms. The molecular formula is C14H22N2O3. The van der Waals surface area contributed by atoms with E-state index in [1.54, 1.807) is 14.2 Å². The first-order valence-corrected chi connectivity index (χ1v) is 6.35. The SMILES string of the molecule is COCCNC(=O)CNCCc1ccc(OC)cc1. The molecule has 0 aliphatic rings. The van der Waals surface area contributed by atoms with Crippen molar-refractivity contribution >= 4 is 5.91 Å². The topological polar surface area (TPSA) is 59.6 Å². The van der Waals surface area contributed by atoms with Gasteiger partial charge in [0.05, 0.1) is 20.3 Å². The van der Waals surface area contributed by atoms with Gasteiger partial charge in [-0.15, -0.1) is 0 Å². The van der Waals surface area contributed by atoms with Crippen LogP contribution < -0.4 is 15.4 Å². The molecule has 1 amide bonds. The third-order valence-corrected chi connectivity index (χ3v) is 2.66. The van der Waals surface area contributed by atoms with Crippen LogP contribution in [0.1, 0.15) is 5.56 Å². The summed E-state index contributed by atoms with van der Waals surface area (Å²) in [5.41, 5.74) is 1.22. The molecule has 0 aliphatic carbocycles. The Bertz CT molecular complexity index is 365. The Kier molecular flexibility index (Phi) is 7.62. The minimum absolute atomic E-state index is 0.00761. The standard InChI is InChI=1S/C14H22N2O3/c1-18-10-9-16-14(17)11-15-8-7-12-3-5-13(19-2)6-4-12/h3-6,15H,7-11H2,1-2H3,(H,16,17). The second kappa shape index (κ2) is 9.35. The Balaban J connectivity index is 2.11. The van der Waals surface area contributed by atoms with E-state index in [-0.39, 0.29) is 5.91 Å². The van der Waals surface area contributed by atoms with Crippen molar-refractivity contribution < 1.29 is 14.3 Å². The summed E-state index contributed by atoms with van der Waals surface area (Å²) >= 11 is 0. The number of nitrogens with one attached hydrogen (secondary N) is 2. The van der Waals surface area contributed by atoms with Crippen molar-refractivity contribution in [3.63, 3.8) is 0 Å². The molecule has 0 bridgehead atoms. The van der Waals surface area contributed by atoms with Crippen LogP contribution in [0.4, 0.5) is 0 Å². The van der Waals surface area contributed by atoms with Crippen molar-refractivity contribution in [2.45, 2.75) is 6.42 Å². The number of benzene rings is 1. The van der Waals surface area contributed by atoms with Gasteiger partial charge in [0.15, 0.2) is 0 Å². The van der Waals surface area contributed by atoms with Gasteiger partial charge in [-0.05, 0) is 30.7 Å². The number of hydrogen-bond acceptors (Lipinski definition) is 4. The zero-order valence-electron chi connectivity index (χ0n) is 11.6. The van der Waals surface area contributed by atoms with E-state index in [1.165, 1.54) is 5.56 Å². The molecule has 0 spiro atoms. The first kappa shape index (κ1) is 15.5. The maximum Gasteiger partial charge on any atom is 0.234 e. The molecule has 0 saturated heterocycles. The van der Waals surface area contributed by atoms with Gasteiger partial charge in [0, 0.05) is 13.7 Å². The van der Waals surface area contributed by atoms with Gasteiger partial charge in [0.1, 0.15) is 5.75 Å². The zero-order valence-corrected chi connectivity index (χ0v) is 11.6. The highest BCUT2D eigenvalue weighted by Gasteiger charge is 1.99. The normalized spacial score (nSPS) is 10.2. The van der Waals surface area contributed by atoms with Crippen LogP contribution in [0.3, 0.4) is 0 Å². The average molecular weight is 266 g/mol. The van der Waals surface area contributed by atoms with E-state index in [0.717, 1.165) is 18.7 Å². The lowest BCUT2D eigenvalue weighted by Gasteiger charge is -2.07. The molecule has 0 aliphatic heterocycles. The first-order valence-electron chi connectivity index (χ1n) is 6.35. The summed E-state index contributed by atoms with van der Waals surface area (Å²) in [6.45, 7) is 2.19. The van der Waals surface area contributed by atoms with Gasteiger partial charge in [-0.3, -0.25) is 4.79 Å². The average Bonchev–Trinajstić information content (AvgIpc) is 2.44. The van der Waals surface area contributed by atoms with Gasteiger partial charge >= 0.3 is 0 Å². The van der Waals surface area contributed by atoms with Crippen LogP contribution in [0.5, 0.6) is 5.75 Å². The highest BCUT2D eigenvalue weighted by molar-refractivity contribution is 5.77. The molecule has 2 N–H and O–H groups in total. The molecule has 5 heteroatoms. The van der Waals surface area contributed by atoms with Gasteiger partial charge < -0.3 is 20.1 Å². The number of hydrogen-bond donors (Lipinski definition) is 2. The summed E-state index contributed by atoms with van der Waals surface area (Å²) in [4.78, 5) is 11.4. The summed E-state index contributed by atoms with van der Waals surface area (Å²) in [5.74, 6) is 0.848. The Morgan fingerprint density at radius 2 is 1.89 bits per heavy atom. The lowest BCUT2D eigenvalue weighted by Crippen LogP contribution is -2.36. The fourth-order valence-electron chi connectivity index (χ4n) is 1.58. The van der Waals surface area contributed by atoms with Gasteiger partial charge in [0.2, 0.25) is 5.91 Å². The fraction of sp³-hybridized carbons (Fsp3) is 0.500. The molecule has 0 unspecified atom stereocenters. The van der Waals surface area contributed by atoms with Crippen molar-refractivity contribution in [2.75, 3.05) is 40.5 Å². The second-order valence-electron chi connectivity index (χ2n) is 4.12. The van der Waals surface area contributed by atoms with Gasteiger partial charge in [0.25, 0.3) is 0 Å². The van der Waals surface area contributed by atoms with Crippen LogP contribution in [-0.2, 0) is 16.0 Å². The molecule has 0 saturated carbocycles. The number of ether oxygens (including phenoxy) is 2. The predicted molar refractivity (Wildman–Crippen MR) is 74.5 cm³/mol.